The molecule has 0 aromatic heterocycles. The number of likely N-dealkylation sites (N-methyl/N-ethyl adjacent to an activating group) is 1. The first-order valence-corrected chi connectivity index (χ1v) is 5.98. The highest BCUT2D eigenvalue weighted by Gasteiger charge is 2.22. The SMILES string of the molecule is CCN(CC(=O)NCCN)C1CCCC1. The van der Waals surface area contributed by atoms with Gasteiger partial charge in [0.25, 0.3) is 0 Å². The summed E-state index contributed by atoms with van der Waals surface area (Å²) in [6.07, 6.45) is 5.12. The summed E-state index contributed by atoms with van der Waals surface area (Å²) in [5, 5.41) is 2.81. The van der Waals surface area contributed by atoms with Crippen LogP contribution in [0, 0.1) is 0 Å². The van der Waals surface area contributed by atoms with Gasteiger partial charge in [-0.1, -0.05) is 19.8 Å². The molecule has 0 aromatic rings. The maximum absolute atomic E-state index is 11.5. The molecule has 1 rings (SSSR count). The van der Waals surface area contributed by atoms with Gasteiger partial charge < -0.3 is 11.1 Å². The van der Waals surface area contributed by atoms with Gasteiger partial charge in [-0.3, -0.25) is 9.69 Å². The number of nitrogens with zero attached hydrogens (tertiary/aromatic N) is 1. The standard InChI is InChI=1S/C11H23N3O/c1-2-14(10-5-3-4-6-10)9-11(15)13-8-7-12/h10H,2-9,12H2,1H3,(H,13,15). The molecule has 3 N–H and O–H groups in total. The van der Waals surface area contributed by atoms with Gasteiger partial charge in [0.2, 0.25) is 5.91 Å². The molecule has 0 bridgehead atoms. The Balaban J connectivity index is 2.28. The molecular weight excluding hydrogens is 190 g/mol. The van der Waals surface area contributed by atoms with Gasteiger partial charge in [0.15, 0.2) is 0 Å². The quantitative estimate of drug-likeness (QED) is 0.668. The maximum atomic E-state index is 11.5. The third-order valence-corrected chi connectivity index (χ3v) is 3.06. The van der Waals surface area contributed by atoms with E-state index < -0.39 is 0 Å². The molecule has 1 amide bonds. The van der Waals surface area contributed by atoms with Crippen LogP contribution in [-0.4, -0.2) is 43.0 Å². The van der Waals surface area contributed by atoms with Crippen LogP contribution in [0.3, 0.4) is 0 Å². The Labute approximate surface area is 92.2 Å². The highest BCUT2D eigenvalue weighted by molar-refractivity contribution is 5.78. The molecule has 0 aromatic carbocycles. The van der Waals surface area contributed by atoms with Crippen molar-refractivity contribution in [2.45, 2.75) is 38.6 Å². The van der Waals surface area contributed by atoms with Crippen molar-refractivity contribution in [3.8, 4) is 0 Å². The van der Waals surface area contributed by atoms with Crippen molar-refractivity contribution >= 4 is 5.91 Å². The molecule has 0 atom stereocenters. The lowest BCUT2D eigenvalue weighted by Gasteiger charge is -2.26. The molecule has 0 radical (unpaired) electrons. The molecule has 1 aliphatic carbocycles. The number of hydrogen-bond donors (Lipinski definition) is 2. The number of rotatable bonds is 6. The number of carbonyl (C=O) groups is 1. The Morgan fingerprint density at radius 3 is 2.67 bits per heavy atom. The summed E-state index contributed by atoms with van der Waals surface area (Å²) in [7, 11) is 0. The predicted molar refractivity (Wildman–Crippen MR) is 61.6 cm³/mol. The molecule has 4 nitrogen and oxygen atoms in total. The average Bonchev–Trinajstić information content (AvgIpc) is 2.76. The van der Waals surface area contributed by atoms with Gasteiger partial charge in [0, 0.05) is 19.1 Å². The van der Waals surface area contributed by atoms with Crippen LogP contribution in [0.25, 0.3) is 0 Å². The fourth-order valence-corrected chi connectivity index (χ4v) is 2.22. The number of hydrogen-bond acceptors (Lipinski definition) is 3. The van der Waals surface area contributed by atoms with Crippen molar-refractivity contribution < 1.29 is 4.79 Å². The molecule has 0 heterocycles. The summed E-state index contributed by atoms with van der Waals surface area (Å²) in [4.78, 5) is 13.8. The minimum Gasteiger partial charge on any atom is -0.354 e. The number of nitrogens with one attached hydrogen (secondary N) is 1. The van der Waals surface area contributed by atoms with E-state index in [9.17, 15) is 4.79 Å². The zero-order chi connectivity index (χ0) is 11.1. The summed E-state index contributed by atoms with van der Waals surface area (Å²) in [6, 6.07) is 0.624. The molecule has 1 aliphatic rings. The van der Waals surface area contributed by atoms with E-state index in [0.717, 1.165) is 6.54 Å². The van der Waals surface area contributed by atoms with E-state index in [0.29, 0.717) is 25.7 Å². The molecule has 1 saturated carbocycles. The molecule has 0 unspecified atom stereocenters. The molecule has 1 fully saturated rings. The van der Waals surface area contributed by atoms with Gasteiger partial charge in [-0.15, -0.1) is 0 Å². The Bertz CT molecular complexity index is 190. The number of amides is 1. The number of nitrogens with two attached hydrogens (primary N) is 1. The molecule has 15 heavy (non-hydrogen) atoms. The predicted octanol–water partition coefficient (Wildman–Crippen LogP) is 0.326. The van der Waals surface area contributed by atoms with Gasteiger partial charge in [0.05, 0.1) is 6.54 Å². The second kappa shape index (κ2) is 6.80. The van der Waals surface area contributed by atoms with E-state index in [4.69, 9.17) is 5.73 Å². The summed E-state index contributed by atoms with van der Waals surface area (Å²) in [6.45, 7) is 4.71. The minimum absolute atomic E-state index is 0.106. The van der Waals surface area contributed by atoms with Gasteiger partial charge in [-0.05, 0) is 19.4 Å². The van der Waals surface area contributed by atoms with Crippen LogP contribution in [0.1, 0.15) is 32.6 Å². The zero-order valence-electron chi connectivity index (χ0n) is 9.67. The van der Waals surface area contributed by atoms with E-state index in [-0.39, 0.29) is 5.91 Å². The normalized spacial score (nSPS) is 17.3. The maximum Gasteiger partial charge on any atom is 0.234 e. The van der Waals surface area contributed by atoms with Crippen LogP contribution in [0.2, 0.25) is 0 Å². The highest BCUT2D eigenvalue weighted by atomic mass is 16.2. The number of carbonyl (C=O) groups excluding carboxylic acids is 1. The minimum atomic E-state index is 0.106. The lowest BCUT2D eigenvalue weighted by atomic mass is 10.2. The lowest BCUT2D eigenvalue weighted by Crippen LogP contribution is -2.42. The van der Waals surface area contributed by atoms with E-state index in [1.165, 1.54) is 25.7 Å². The van der Waals surface area contributed by atoms with Crippen molar-refractivity contribution in [1.29, 1.82) is 0 Å². The fourth-order valence-electron chi connectivity index (χ4n) is 2.22. The third-order valence-electron chi connectivity index (χ3n) is 3.06. The van der Waals surface area contributed by atoms with Gasteiger partial charge in [0.1, 0.15) is 0 Å². The molecule has 0 spiro atoms. The van der Waals surface area contributed by atoms with Crippen molar-refractivity contribution in [1.82, 2.24) is 10.2 Å². The largest absolute Gasteiger partial charge is 0.354 e. The van der Waals surface area contributed by atoms with Crippen LogP contribution in [-0.2, 0) is 4.79 Å². The van der Waals surface area contributed by atoms with Crippen molar-refractivity contribution in [3.05, 3.63) is 0 Å². The highest BCUT2D eigenvalue weighted by Crippen LogP contribution is 2.22. The summed E-state index contributed by atoms with van der Waals surface area (Å²) >= 11 is 0. The topological polar surface area (TPSA) is 58.4 Å². The van der Waals surface area contributed by atoms with Crippen molar-refractivity contribution in [2.24, 2.45) is 5.73 Å². The second-order valence-corrected chi connectivity index (χ2v) is 4.14. The van der Waals surface area contributed by atoms with Crippen LogP contribution in [0.15, 0.2) is 0 Å². The average molecular weight is 213 g/mol. The lowest BCUT2D eigenvalue weighted by molar-refractivity contribution is -0.122. The molecule has 0 aliphatic heterocycles. The van der Waals surface area contributed by atoms with Crippen molar-refractivity contribution in [2.75, 3.05) is 26.2 Å². The van der Waals surface area contributed by atoms with E-state index >= 15 is 0 Å². The summed E-state index contributed by atoms with van der Waals surface area (Å²) in [5.41, 5.74) is 5.33. The summed E-state index contributed by atoms with van der Waals surface area (Å²) in [5.74, 6) is 0.106. The first-order valence-electron chi connectivity index (χ1n) is 5.98. The van der Waals surface area contributed by atoms with Crippen LogP contribution in [0.4, 0.5) is 0 Å². The fraction of sp³-hybridized carbons (Fsp3) is 0.909. The third kappa shape index (κ3) is 4.18. The van der Waals surface area contributed by atoms with E-state index in [1.807, 2.05) is 0 Å². The van der Waals surface area contributed by atoms with Gasteiger partial charge in [-0.2, -0.15) is 0 Å². The van der Waals surface area contributed by atoms with E-state index in [1.54, 1.807) is 0 Å². The molecule has 88 valence electrons. The smallest absolute Gasteiger partial charge is 0.234 e. The monoisotopic (exact) mass is 213 g/mol. The van der Waals surface area contributed by atoms with Crippen LogP contribution in [0.5, 0.6) is 0 Å². The Morgan fingerprint density at radius 1 is 1.47 bits per heavy atom. The second-order valence-electron chi connectivity index (χ2n) is 4.14. The van der Waals surface area contributed by atoms with Crippen molar-refractivity contribution in [3.63, 3.8) is 0 Å². The van der Waals surface area contributed by atoms with E-state index in [2.05, 4.69) is 17.1 Å². The van der Waals surface area contributed by atoms with Crippen LogP contribution < -0.4 is 11.1 Å². The zero-order valence-corrected chi connectivity index (χ0v) is 9.67. The molecule has 4 heteroatoms. The molecular formula is C11H23N3O. The summed E-state index contributed by atoms with van der Waals surface area (Å²) < 4.78 is 0. The Kier molecular flexibility index (Phi) is 5.65. The van der Waals surface area contributed by atoms with Gasteiger partial charge in [-0.25, -0.2) is 0 Å². The molecule has 0 saturated heterocycles. The van der Waals surface area contributed by atoms with Crippen LogP contribution >= 0.6 is 0 Å². The van der Waals surface area contributed by atoms with Gasteiger partial charge >= 0.3 is 0 Å². The first-order chi connectivity index (χ1) is 7.27. The Hall–Kier alpha value is -0.610. The Morgan fingerprint density at radius 2 is 2.13 bits per heavy atom. The first kappa shape index (κ1) is 12.5.